The number of unbranched alkanes of at least 4 members (excludes halogenated alkanes) is 1. The van der Waals surface area contributed by atoms with Gasteiger partial charge in [0.1, 0.15) is 0 Å². The van der Waals surface area contributed by atoms with Gasteiger partial charge in [0.2, 0.25) is 0 Å². The first-order valence-electron chi connectivity index (χ1n) is 8.52. The van der Waals surface area contributed by atoms with Crippen LogP contribution in [0.15, 0.2) is 72.1 Å². The molecule has 0 aliphatic heterocycles. The van der Waals surface area contributed by atoms with Crippen LogP contribution in [-0.2, 0) is 14.5 Å². The van der Waals surface area contributed by atoms with Crippen molar-refractivity contribution in [3.05, 3.63) is 59.5 Å². The number of halogens is 1. The summed E-state index contributed by atoms with van der Waals surface area (Å²) in [6, 6.07) is 19.3. The molecule has 0 saturated carbocycles. The molecule has 2 aromatic heterocycles. The lowest BCUT2D eigenvalue weighted by Crippen LogP contribution is -2.04. The Morgan fingerprint density at radius 2 is 1.54 bits per heavy atom. The summed E-state index contributed by atoms with van der Waals surface area (Å²) in [6.07, 6.45) is 1.15. The fourth-order valence-electron chi connectivity index (χ4n) is 1.94. The van der Waals surface area contributed by atoms with Crippen LogP contribution in [0.2, 0.25) is 0 Å². The molecule has 0 spiro atoms. The van der Waals surface area contributed by atoms with Crippen LogP contribution in [0.25, 0.3) is 0 Å². The van der Waals surface area contributed by atoms with Crippen LogP contribution in [0.1, 0.15) is 24.6 Å². The van der Waals surface area contributed by atoms with E-state index in [2.05, 4.69) is 65.9 Å². The lowest BCUT2D eigenvalue weighted by Gasteiger charge is -1.96. The second-order valence-electron chi connectivity index (χ2n) is 5.63. The molecule has 0 N–H and O–H groups in total. The molecule has 0 aliphatic carbocycles. The lowest BCUT2D eigenvalue weighted by molar-refractivity contribution is 0.00290. The second-order valence-corrected chi connectivity index (χ2v) is 12.6. The molecule has 0 aliphatic rings. The van der Waals surface area contributed by atoms with Gasteiger partial charge in [-0.3, -0.25) is 0 Å². The standard InChI is InChI=1S/C15H12S4.C4H9FO3S/c1-11-7-8-13(16-11)18-15-10-9-14(19-15)17-12-5-3-2-4-6-12;1-2-3-4-9(6,7)8-5/h2-10H,1H3;2-4H2,1H3. The van der Waals surface area contributed by atoms with Gasteiger partial charge in [-0.2, -0.15) is 8.42 Å². The van der Waals surface area contributed by atoms with Gasteiger partial charge in [0, 0.05) is 9.77 Å². The van der Waals surface area contributed by atoms with E-state index in [1.165, 1.54) is 22.4 Å². The summed E-state index contributed by atoms with van der Waals surface area (Å²) in [5.74, 6) is -0.236. The van der Waals surface area contributed by atoms with Crippen LogP contribution >= 0.6 is 46.2 Å². The van der Waals surface area contributed by atoms with Gasteiger partial charge in [0.05, 0.1) is 18.4 Å². The average molecular weight is 477 g/mol. The molecule has 0 amide bonds. The number of hydrogen-bond acceptors (Lipinski definition) is 7. The Kier molecular flexibility index (Phi) is 10.0. The fraction of sp³-hybridized carbons (Fsp3) is 0.263. The second kappa shape index (κ2) is 12.0. The van der Waals surface area contributed by atoms with Gasteiger partial charge in [-0.15, -0.1) is 22.7 Å². The van der Waals surface area contributed by atoms with E-state index in [0.29, 0.717) is 12.8 Å². The molecule has 0 unspecified atom stereocenters. The number of benzene rings is 1. The third kappa shape index (κ3) is 8.67. The van der Waals surface area contributed by atoms with Gasteiger partial charge in [-0.05, 0) is 54.3 Å². The van der Waals surface area contributed by atoms with Crippen molar-refractivity contribution in [1.29, 1.82) is 0 Å². The predicted octanol–water partition coefficient (Wildman–Crippen LogP) is 7.44. The summed E-state index contributed by atoms with van der Waals surface area (Å²) in [7, 11) is -3.85. The minimum absolute atomic E-state index is 0.236. The maximum Gasteiger partial charge on any atom is 0.297 e. The summed E-state index contributed by atoms with van der Waals surface area (Å²) in [5, 5.41) is 0. The Bertz CT molecular complexity index is 935. The van der Waals surface area contributed by atoms with Gasteiger partial charge in [0.15, 0.2) is 0 Å². The maximum atomic E-state index is 11.0. The first kappa shape index (κ1) is 23.4. The highest BCUT2D eigenvalue weighted by atomic mass is 32.2. The van der Waals surface area contributed by atoms with Crippen molar-refractivity contribution in [3.63, 3.8) is 0 Å². The van der Waals surface area contributed by atoms with Crippen LogP contribution in [0.4, 0.5) is 4.53 Å². The van der Waals surface area contributed by atoms with Gasteiger partial charge in [0.25, 0.3) is 10.1 Å². The molecule has 0 fully saturated rings. The predicted molar refractivity (Wildman–Crippen MR) is 119 cm³/mol. The van der Waals surface area contributed by atoms with E-state index in [4.69, 9.17) is 0 Å². The van der Waals surface area contributed by atoms with Crippen LogP contribution < -0.4 is 0 Å². The first-order chi connectivity index (χ1) is 13.4. The zero-order valence-electron chi connectivity index (χ0n) is 15.5. The van der Waals surface area contributed by atoms with E-state index in [1.807, 2.05) is 53.1 Å². The lowest BCUT2D eigenvalue weighted by atomic mass is 10.4. The molecule has 3 aromatic rings. The quantitative estimate of drug-likeness (QED) is 0.338. The van der Waals surface area contributed by atoms with Crippen molar-refractivity contribution < 1.29 is 17.3 Å². The Morgan fingerprint density at radius 3 is 2.11 bits per heavy atom. The normalized spacial score (nSPS) is 11.1. The molecule has 152 valence electrons. The first-order valence-corrected chi connectivity index (χ1v) is 13.4. The monoisotopic (exact) mass is 476 g/mol. The van der Waals surface area contributed by atoms with Crippen molar-refractivity contribution >= 4 is 56.3 Å². The zero-order chi connectivity index (χ0) is 20.4. The highest BCUT2D eigenvalue weighted by Gasteiger charge is 2.09. The summed E-state index contributed by atoms with van der Waals surface area (Å²) in [5.41, 5.74) is 0. The summed E-state index contributed by atoms with van der Waals surface area (Å²) in [4.78, 5) is 2.67. The van der Waals surface area contributed by atoms with Crippen molar-refractivity contribution in [2.24, 2.45) is 0 Å². The molecule has 0 saturated heterocycles. The molecule has 0 atom stereocenters. The van der Waals surface area contributed by atoms with Crippen molar-refractivity contribution in [1.82, 2.24) is 0 Å². The van der Waals surface area contributed by atoms with Crippen LogP contribution in [0.5, 0.6) is 0 Å². The SMILES string of the molecule is CCCCS(=O)(=O)OF.Cc1ccc(Sc2ccc(Sc3ccccc3)s2)s1. The Morgan fingerprint density at radius 1 is 0.929 bits per heavy atom. The highest BCUT2D eigenvalue weighted by Crippen LogP contribution is 2.41. The minimum atomic E-state index is -3.85. The van der Waals surface area contributed by atoms with Crippen LogP contribution in [-0.4, -0.2) is 14.2 Å². The summed E-state index contributed by atoms with van der Waals surface area (Å²) >= 11 is 7.42. The van der Waals surface area contributed by atoms with E-state index >= 15 is 0 Å². The van der Waals surface area contributed by atoms with Crippen molar-refractivity contribution in [3.8, 4) is 0 Å². The Hall–Kier alpha value is -0.840. The van der Waals surface area contributed by atoms with E-state index in [-0.39, 0.29) is 5.75 Å². The summed E-state index contributed by atoms with van der Waals surface area (Å²) in [6.45, 7) is 3.97. The van der Waals surface area contributed by atoms with Gasteiger partial charge in [-0.1, -0.05) is 59.5 Å². The molecule has 1 aromatic carbocycles. The van der Waals surface area contributed by atoms with Gasteiger partial charge < -0.3 is 0 Å². The Balaban J connectivity index is 0.000000266. The minimum Gasteiger partial charge on any atom is -0.197 e. The van der Waals surface area contributed by atoms with Gasteiger partial charge in [-0.25, -0.2) is 0 Å². The number of aryl methyl sites for hydroxylation is 1. The highest BCUT2D eigenvalue weighted by molar-refractivity contribution is 8.04. The molecule has 0 bridgehead atoms. The number of hydrogen-bond donors (Lipinski definition) is 0. The van der Waals surface area contributed by atoms with Crippen LogP contribution in [0.3, 0.4) is 0 Å². The van der Waals surface area contributed by atoms with Gasteiger partial charge >= 0.3 is 0 Å². The molecule has 2 heterocycles. The van der Waals surface area contributed by atoms with Crippen LogP contribution in [0, 0.1) is 6.92 Å². The molecule has 3 rings (SSSR count). The third-order valence-electron chi connectivity index (χ3n) is 3.28. The number of rotatable bonds is 8. The van der Waals surface area contributed by atoms with Crippen molar-refractivity contribution in [2.75, 3.05) is 5.75 Å². The van der Waals surface area contributed by atoms with E-state index in [9.17, 15) is 12.9 Å². The topological polar surface area (TPSA) is 43.4 Å². The fourth-order valence-corrected chi connectivity index (χ4v) is 7.41. The van der Waals surface area contributed by atoms with Crippen molar-refractivity contribution in [2.45, 2.75) is 44.2 Å². The molecule has 9 heteroatoms. The molecular weight excluding hydrogens is 456 g/mol. The summed E-state index contributed by atoms with van der Waals surface area (Å²) < 4.78 is 38.1. The molecule has 28 heavy (non-hydrogen) atoms. The number of thiophene rings is 2. The van der Waals surface area contributed by atoms with E-state index in [0.717, 1.165) is 0 Å². The average Bonchev–Trinajstić information content (AvgIpc) is 3.30. The maximum absolute atomic E-state index is 11.0. The van der Waals surface area contributed by atoms with E-state index < -0.39 is 10.1 Å². The largest absolute Gasteiger partial charge is 0.297 e. The Labute approximate surface area is 182 Å². The smallest absolute Gasteiger partial charge is 0.197 e. The molecule has 0 radical (unpaired) electrons. The molecule has 3 nitrogen and oxygen atoms in total. The zero-order valence-corrected chi connectivity index (χ0v) is 19.5. The van der Waals surface area contributed by atoms with E-state index in [1.54, 1.807) is 0 Å². The third-order valence-corrected chi connectivity index (χ3v) is 8.75. The molecular formula is C19H21FO3S5.